The van der Waals surface area contributed by atoms with Gasteiger partial charge in [-0.05, 0) is 37.6 Å². The van der Waals surface area contributed by atoms with Crippen LogP contribution in [0.25, 0.3) is 11.0 Å². The van der Waals surface area contributed by atoms with Gasteiger partial charge in [-0.3, -0.25) is 14.2 Å². The summed E-state index contributed by atoms with van der Waals surface area (Å²) in [7, 11) is 0. The summed E-state index contributed by atoms with van der Waals surface area (Å²) < 4.78 is 6.47. The van der Waals surface area contributed by atoms with E-state index in [0.29, 0.717) is 42.8 Å². The van der Waals surface area contributed by atoms with Crippen molar-refractivity contribution in [3.8, 4) is 0 Å². The van der Waals surface area contributed by atoms with Crippen LogP contribution in [0.15, 0.2) is 53.6 Å². The standard InChI is InChI=1S/C23H25N5O4/c1-2-32-23(31)17-8-9-20(25-14-17)26-10-5-11-27(13-12-26)22(30)16-28-19-7-4-3-6-18(19)24-15-21(28)29/h3-4,6-9,14-15H,2,5,10-13,16H2,1H3. The number of carbonyl (C=O) groups excluding carboxylic acids is 2. The van der Waals surface area contributed by atoms with E-state index in [1.807, 2.05) is 18.2 Å². The van der Waals surface area contributed by atoms with Gasteiger partial charge in [0.05, 0.1) is 29.4 Å². The summed E-state index contributed by atoms with van der Waals surface area (Å²) in [6.45, 7) is 4.55. The number of benzene rings is 1. The van der Waals surface area contributed by atoms with Crippen LogP contribution in [0.3, 0.4) is 0 Å². The van der Waals surface area contributed by atoms with Crippen molar-refractivity contribution in [3.05, 3.63) is 64.7 Å². The number of aromatic nitrogens is 3. The highest BCUT2D eigenvalue weighted by molar-refractivity contribution is 5.89. The zero-order valence-electron chi connectivity index (χ0n) is 17.9. The highest BCUT2D eigenvalue weighted by Crippen LogP contribution is 2.16. The van der Waals surface area contributed by atoms with Gasteiger partial charge >= 0.3 is 5.97 Å². The molecule has 1 fully saturated rings. The number of carbonyl (C=O) groups is 2. The quantitative estimate of drug-likeness (QED) is 0.563. The minimum Gasteiger partial charge on any atom is -0.462 e. The summed E-state index contributed by atoms with van der Waals surface area (Å²) in [5, 5.41) is 0. The normalized spacial score (nSPS) is 14.3. The Hall–Kier alpha value is -3.75. The van der Waals surface area contributed by atoms with E-state index in [4.69, 9.17) is 4.74 Å². The van der Waals surface area contributed by atoms with E-state index in [1.165, 1.54) is 17.0 Å². The largest absolute Gasteiger partial charge is 0.462 e. The number of rotatable bonds is 5. The van der Waals surface area contributed by atoms with Crippen LogP contribution in [-0.2, 0) is 16.1 Å². The van der Waals surface area contributed by atoms with Gasteiger partial charge in [0.25, 0.3) is 5.56 Å². The van der Waals surface area contributed by atoms with Crippen molar-refractivity contribution < 1.29 is 14.3 Å². The molecule has 3 aromatic rings. The van der Waals surface area contributed by atoms with Crippen LogP contribution < -0.4 is 10.5 Å². The molecular weight excluding hydrogens is 410 g/mol. The number of hydrogen-bond acceptors (Lipinski definition) is 7. The topological polar surface area (TPSA) is 97.6 Å². The zero-order valence-corrected chi connectivity index (χ0v) is 17.9. The Labute approximate surface area is 185 Å². The number of hydrogen-bond donors (Lipinski definition) is 0. The summed E-state index contributed by atoms with van der Waals surface area (Å²) in [5.74, 6) is 0.262. The zero-order chi connectivity index (χ0) is 22.5. The summed E-state index contributed by atoms with van der Waals surface area (Å²) in [4.78, 5) is 49.6. The molecule has 1 saturated heterocycles. The lowest BCUT2D eigenvalue weighted by atomic mass is 10.2. The van der Waals surface area contributed by atoms with E-state index in [-0.39, 0.29) is 18.0 Å². The van der Waals surface area contributed by atoms with Gasteiger partial charge in [-0.2, -0.15) is 0 Å². The molecule has 1 aromatic carbocycles. The fraction of sp³-hybridized carbons (Fsp3) is 0.348. The maximum atomic E-state index is 13.0. The number of amides is 1. The summed E-state index contributed by atoms with van der Waals surface area (Å²) in [5.41, 5.74) is 1.45. The van der Waals surface area contributed by atoms with Crippen LogP contribution in [0.5, 0.6) is 0 Å². The SMILES string of the molecule is CCOC(=O)c1ccc(N2CCCN(C(=O)Cn3c(=O)cnc4ccccc43)CC2)nc1. The van der Waals surface area contributed by atoms with Crippen LogP contribution >= 0.6 is 0 Å². The Balaban J connectivity index is 1.43. The lowest BCUT2D eigenvalue weighted by Crippen LogP contribution is -2.39. The van der Waals surface area contributed by atoms with Crippen molar-refractivity contribution in [2.45, 2.75) is 19.9 Å². The summed E-state index contributed by atoms with van der Waals surface area (Å²) >= 11 is 0. The van der Waals surface area contributed by atoms with E-state index in [9.17, 15) is 14.4 Å². The summed E-state index contributed by atoms with van der Waals surface area (Å²) in [6, 6.07) is 10.8. The number of para-hydroxylation sites is 2. The van der Waals surface area contributed by atoms with Crippen LogP contribution in [0.1, 0.15) is 23.7 Å². The van der Waals surface area contributed by atoms with Crippen molar-refractivity contribution in [1.29, 1.82) is 0 Å². The first-order valence-corrected chi connectivity index (χ1v) is 10.7. The first-order chi connectivity index (χ1) is 15.6. The fourth-order valence-electron chi connectivity index (χ4n) is 3.82. The maximum Gasteiger partial charge on any atom is 0.339 e. The van der Waals surface area contributed by atoms with Gasteiger partial charge in [0.1, 0.15) is 12.4 Å². The van der Waals surface area contributed by atoms with Crippen LogP contribution in [0, 0.1) is 0 Å². The average molecular weight is 435 g/mol. The first kappa shape index (κ1) is 21.5. The van der Waals surface area contributed by atoms with E-state index in [1.54, 1.807) is 30.0 Å². The molecule has 0 atom stereocenters. The number of esters is 1. The molecular formula is C23H25N5O4. The Morgan fingerprint density at radius 3 is 2.62 bits per heavy atom. The molecule has 0 saturated carbocycles. The molecule has 0 unspecified atom stereocenters. The predicted octanol–water partition coefficient (Wildman–Crippen LogP) is 1.71. The molecule has 4 rings (SSSR count). The van der Waals surface area contributed by atoms with Crippen molar-refractivity contribution in [2.24, 2.45) is 0 Å². The molecule has 166 valence electrons. The number of ether oxygens (including phenoxy) is 1. The number of fused-ring (bicyclic) bond motifs is 1. The summed E-state index contributed by atoms with van der Waals surface area (Å²) in [6.07, 6.45) is 3.55. The van der Waals surface area contributed by atoms with Crippen LogP contribution in [-0.4, -0.2) is 64.1 Å². The molecule has 1 aliphatic rings. The second-order valence-corrected chi connectivity index (χ2v) is 7.52. The third-order valence-corrected chi connectivity index (χ3v) is 5.48. The first-order valence-electron chi connectivity index (χ1n) is 10.7. The second kappa shape index (κ2) is 9.59. The highest BCUT2D eigenvalue weighted by Gasteiger charge is 2.21. The molecule has 3 heterocycles. The number of anilines is 1. The van der Waals surface area contributed by atoms with E-state index in [0.717, 1.165) is 18.8 Å². The van der Waals surface area contributed by atoms with E-state index in [2.05, 4.69) is 14.9 Å². The van der Waals surface area contributed by atoms with Crippen molar-refractivity contribution >= 4 is 28.7 Å². The van der Waals surface area contributed by atoms with Crippen molar-refractivity contribution in [2.75, 3.05) is 37.7 Å². The Kier molecular flexibility index (Phi) is 6.44. The predicted molar refractivity (Wildman–Crippen MR) is 120 cm³/mol. The van der Waals surface area contributed by atoms with Gasteiger partial charge in [-0.15, -0.1) is 0 Å². The lowest BCUT2D eigenvalue weighted by Gasteiger charge is -2.23. The molecule has 0 spiro atoms. The smallest absolute Gasteiger partial charge is 0.339 e. The monoisotopic (exact) mass is 435 g/mol. The van der Waals surface area contributed by atoms with Gasteiger partial charge < -0.3 is 14.5 Å². The van der Waals surface area contributed by atoms with Gasteiger partial charge in [0, 0.05) is 32.4 Å². The third kappa shape index (κ3) is 4.61. The van der Waals surface area contributed by atoms with Crippen LogP contribution in [0.2, 0.25) is 0 Å². The minimum atomic E-state index is -0.391. The van der Waals surface area contributed by atoms with Gasteiger partial charge in [0.15, 0.2) is 0 Å². The molecule has 0 aliphatic carbocycles. The highest BCUT2D eigenvalue weighted by atomic mass is 16.5. The van der Waals surface area contributed by atoms with Gasteiger partial charge in [-0.25, -0.2) is 14.8 Å². The van der Waals surface area contributed by atoms with Gasteiger partial charge in [0.2, 0.25) is 5.91 Å². The Morgan fingerprint density at radius 2 is 1.84 bits per heavy atom. The number of nitrogens with zero attached hydrogens (tertiary/aromatic N) is 5. The third-order valence-electron chi connectivity index (χ3n) is 5.48. The molecule has 2 aromatic heterocycles. The molecule has 9 nitrogen and oxygen atoms in total. The van der Waals surface area contributed by atoms with E-state index < -0.39 is 5.97 Å². The lowest BCUT2D eigenvalue weighted by molar-refractivity contribution is -0.131. The Morgan fingerprint density at radius 1 is 1.00 bits per heavy atom. The minimum absolute atomic E-state index is 0.0195. The second-order valence-electron chi connectivity index (χ2n) is 7.52. The molecule has 1 amide bonds. The van der Waals surface area contributed by atoms with Crippen LogP contribution in [0.4, 0.5) is 5.82 Å². The molecule has 32 heavy (non-hydrogen) atoms. The molecule has 0 N–H and O–H groups in total. The molecule has 0 bridgehead atoms. The van der Waals surface area contributed by atoms with Crippen molar-refractivity contribution in [3.63, 3.8) is 0 Å². The molecule has 1 aliphatic heterocycles. The Bertz CT molecular complexity index is 1170. The average Bonchev–Trinajstić information content (AvgIpc) is 3.08. The van der Waals surface area contributed by atoms with Gasteiger partial charge in [-0.1, -0.05) is 12.1 Å². The van der Waals surface area contributed by atoms with Crippen molar-refractivity contribution in [1.82, 2.24) is 19.4 Å². The molecule has 9 heteroatoms. The number of pyridine rings is 1. The fourth-order valence-corrected chi connectivity index (χ4v) is 3.82. The maximum absolute atomic E-state index is 13.0. The molecule has 0 radical (unpaired) electrons. The van der Waals surface area contributed by atoms with E-state index >= 15 is 0 Å².